The highest BCUT2D eigenvalue weighted by Crippen LogP contribution is 2.15. The molecule has 0 heterocycles. The SMILES string of the molecule is CCC(C)N(N)c1ccc(C)cc1. The molecular formula is C11H18N2. The number of nitrogens with two attached hydrogens (primary N) is 1. The standard InChI is InChI=1S/C11H18N2/c1-4-10(3)13(12)11-7-5-9(2)6-8-11/h5-8,10H,4,12H2,1-3H3. The first-order valence-electron chi connectivity index (χ1n) is 4.75. The zero-order valence-corrected chi connectivity index (χ0v) is 8.62. The van der Waals surface area contributed by atoms with Crippen LogP contribution in [0.4, 0.5) is 5.69 Å². The summed E-state index contributed by atoms with van der Waals surface area (Å²) in [5.41, 5.74) is 2.35. The summed E-state index contributed by atoms with van der Waals surface area (Å²) >= 11 is 0. The molecule has 0 radical (unpaired) electrons. The number of rotatable bonds is 3. The number of aryl methyl sites for hydroxylation is 1. The second-order valence-corrected chi connectivity index (χ2v) is 3.50. The quantitative estimate of drug-likeness (QED) is 0.569. The molecule has 0 saturated heterocycles. The van der Waals surface area contributed by atoms with Gasteiger partial charge in [-0.1, -0.05) is 24.6 Å². The van der Waals surface area contributed by atoms with E-state index in [-0.39, 0.29) is 0 Å². The number of nitrogens with zero attached hydrogens (tertiary/aromatic N) is 1. The third kappa shape index (κ3) is 2.46. The first-order chi connectivity index (χ1) is 6.15. The Bertz CT molecular complexity index is 253. The maximum atomic E-state index is 5.93. The number of hydrogen-bond donors (Lipinski definition) is 1. The van der Waals surface area contributed by atoms with Crippen molar-refractivity contribution in [2.45, 2.75) is 33.2 Å². The lowest BCUT2D eigenvalue weighted by Crippen LogP contribution is -2.38. The van der Waals surface area contributed by atoms with Crippen molar-refractivity contribution in [1.82, 2.24) is 0 Å². The second kappa shape index (κ2) is 4.28. The zero-order valence-electron chi connectivity index (χ0n) is 8.62. The molecule has 72 valence electrons. The molecule has 2 heteroatoms. The molecule has 2 N–H and O–H groups in total. The van der Waals surface area contributed by atoms with Gasteiger partial charge < -0.3 is 5.01 Å². The maximum absolute atomic E-state index is 5.93. The van der Waals surface area contributed by atoms with Crippen LogP contribution in [0.15, 0.2) is 24.3 Å². The first-order valence-corrected chi connectivity index (χ1v) is 4.75. The summed E-state index contributed by atoms with van der Waals surface area (Å²) in [5, 5.41) is 1.82. The summed E-state index contributed by atoms with van der Waals surface area (Å²) in [7, 11) is 0. The van der Waals surface area contributed by atoms with Crippen molar-refractivity contribution >= 4 is 5.69 Å². The van der Waals surface area contributed by atoms with Crippen LogP contribution in [0.25, 0.3) is 0 Å². The Labute approximate surface area is 80.3 Å². The van der Waals surface area contributed by atoms with Gasteiger partial charge in [-0.15, -0.1) is 0 Å². The largest absolute Gasteiger partial charge is 0.308 e. The number of hydrazine groups is 1. The number of anilines is 1. The van der Waals surface area contributed by atoms with Gasteiger partial charge in [0.25, 0.3) is 0 Å². The fourth-order valence-electron chi connectivity index (χ4n) is 1.17. The lowest BCUT2D eigenvalue weighted by molar-refractivity contribution is 0.633. The minimum absolute atomic E-state index is 0.391. The van der Waals surface area contributed by atoms with Crippen molar-refractivity contribution in [2.24, 2.45) is 5.84 Å². The van der Waals surface area contributed by atoms with Crippen LogP contribution in [-0.2, 0) is 0 Å². The van der Waals surface area contributed by atoms with E-state index in [4.69, 9.17) is 5.84 Å². The van der Waals surface area contributed by atoms with E-state index in [1.807, 2.05) is 5.01 Å². The van der Waals surface area contributed by atoms with E-state index in [9.17, 15) is 0 Å². The van der Waals surface area contributed by atoms with Crippen molar-refractivity contribution in [3.63, 3.8) is 0 Å². The molecule has 0 aliphatic heterocycles. The van der Waals surface area contributed by atoms with Gasteiger partial charge in [-0.3, -0.25) is 0 Å². The molecule has 1 aromatic rings. The third-order valence-corrected chi connectivity index (χ3v) is 2.40. The minimum atomic E-state index is 0.391. The predicted molar refractivity (Wildman–Crippen MR) is 57.6 cm³/mol. The van der Waals surface area contributed by atoms with Gasteiger partial charge in [-0.25, -0.2) is 5.84 Å². The lowest BCUT2D eigenvalue weighted by atomic mass is 10.2. The molecule has 2 nitrogen and oxygen atoms in total. The third-order valence-electron chi connectivity index (χ3n) is 2.40. The van der Waals surface area contributed by atoms with Crippen molar-refractivity contribution in [1.29, 1.82) is 0 Å². The summed E-state index contributed by atoms with van der Waals surface area (Å²) in [6.07, 6.45) is 1.06. The minimum Gasteiger partial charge on any atom is -0.308 e. The van der Waals surface area contributed by atoms with Crippen molar-refractivity contribution < 1.29 is 0 Å². The monoisotopic (exact) mass is 178 g/mol. The summed E-state index contributed by atoms with van der Waals surface area (Å²) in [4.78, 5) is 0. The Kier molecular flexibility index (Phi) is 3.32. The molecular weight excluding hydrogens is 160 g/mol. The van der Waals surface area contributed by atoms with Gasteiger partial charge in [0.1, 0.15) is 0 Å². The molecule has 0 aliphatic carbocycles. The lowest BCUT2D eigenvalue weighted by Gasteiger charge is -2.25. The van der Waals surface area contributed by atoms with Gasteiger partial charge in [-0.2, -0.15) is 0 Å². The fraction of sp³-hybridized carbons (Fsp3) is 0.455. The maximum Gasteiger partial charge on any atom is 0.0520 e. The molecule has 1 aromatic carbocycles. The van der Waals surface area contributed by atoms with Gasteiger partial charge >= 0.3 is 0 Å². The Hall–Kier alpha value is -1.02. The molecule has 1 rings (SSSR count). The van der Waals surface area contributed by atoms with E-state index >= 15 is 0 Å². The van der Waals surface area contributed by atoms with Crippen molar-refractivity contribution in [3.8, 4) is 0 Å². The predicted octanol–water partition coefficient (Wildman–Crippen LogP) is 2.47. The average Bonchev–Trinajstić information content (AvgIpc) is 2.17. The molecule has 13 heavy (non-hydrogen) atoms. The van der Waals surface area contributed by atoms with E-state index in [2.05, 4.69) is 45.0 Å². The highest BCUT2D eigenvalue weighted by molar-refractivity contribution is 5.46. The van der Waals surface area contributed by atoms with Crippen LogP contribution in [0.1, 0.15) is 25.8 Å². The molecule has 0 aliphatic rings. The molecule has 0 bridgehead atoms. The van der Waals surface area contributed by atoms with E-state index in [0.717, 1.165) is 12.1 Å². The highest BCUT2D eigenvalue weighted by atomic mass is 15.4. The zero-order chi connectivity index (χ0) is 9.84. The van der Waals surface area contributed by atoms with E-state index < -0.39 is 0 Å². The Balaban J connectivity index is 2.77. The first kappa shape index (κ1) is 10.1. The van der Waals surface area contributed by atoms with E-state index in [0.29, 0.717) is 6.04 Å². The fourth-order valence-corrected chi connectivity index (χ4v) is 1.17. The Morgan fingerprint density at radius 3 is 2.31 bits per heavy atom. The van der Waals surface area contributed by atoms with Crippen LogP contribution in [0.2, 0.25) is 0 Å². The summed E-state index contributed by atoms with van der Waals surface area (Å²) < 4.78 is 0. The van der Waals surface area contributed by atoms with E-state index in [1.54, 1.807) is 0 Å². The van der Waals surface area contributed by atoms with Gasteiger partial charge in [0.15, 0.2) is 0 Å². The topological polar surface area (TPSA) is 29.3 Å². The second-order valence-electron chi connectivity index (χ2n) is 3.50. The molecule has 1 unspecified atom stereocenters. The smallest absolute Gasteiger partial charge is 0.0520 e. The van der Waals surface area contributed by atoms with Crippen LogP contribution < -0.4 is 10.9 Å². The van der Waals surface area contributed by atoms with E-state index in [1.165, 1.54) is 5.56 Å². The highest BCUT2D eigenvalue weighted by Gasteiger charge is 2.07. The van der Waals surface area contributed by atoms with Crippen LogP contribution in [0, 0.1) is 6.92 Å². The number of hydrogen-bond acceptors (Lipinski definition) is 2. The Morgan fingerprint density at radius 2 is 1.85 bits per heavy atom. The van der Waals surface area contributed by atoms with Gasteiger partial charge in [-0.05, 0) is 32.4 Å². The van der Waals surface area contributed by atoms with Gasteiger partial charge in [0.2, 0.25) is 0 Å². The van der Waals surface area contributed by atoms with Crippen LogP contribution >= 0.6 is 0 Å². The molecule has 0 spiro atoms. The van der Waals surface area contributed by atoms with Crippen LogP contribution in [-0.4, -0.2) is 6.04 Å². The van der Waals surface area contributed by atoms with Crippen molar-refractivity contribution in [3.05, 3.63) is 29.8 Å². The Morgan fingerprint density at radius 1 is 1.31 bits per heavy atom. The molecule has 0 amide bonds. The molecule has 0 saturated carbocycles. The van der Waals surface area contributed by atoms with Gasteiger partial charge in [0, 0.05) is 6.04 Å². The molecule has 1 atom stereocenters. The van der Waals surface area contributed by atoms with Crippen molar-refractivity contribution in [2.75, 3.05) is 5.01 Å². The molecule has 0 fully saturated rings. The average molecular weight is 178 g/mol. The summed E-state index contributed by atoms with van der Waals surface area (Å²) in [5.74, 6) is 5.93. The summed E-state index contributed by atoms with van der Waals surface area (Å²) in [6, 6.07) is 8.67. The number of benzene rings is 1. The van der Waals surface area contributed by atoms with Crippen LogP contribution in [0.5, 0.6) is 0 Å². The molecule has 0 aromatic heterocycles. The van der Waals surface area contributed by atoms with Crippen LogP contribution in [0.3, 0.4) is 0 Å². The van der Waals surface area contributed by atoms with Gasteiger partial charge in [0.05, 0.1) is 5.69 Å². The summed E-state index contributed by atoms with van der Waals surface area (Å²) in [6.45, 7) is 6.34. The normalized spacial score (nSPS) is 12.6.